The van der Waals surface area contributed by atoms with Crippen molar-refractivity contribution in [3.8, 4) is 11.6 Å². The number of methoxy groups -OCH3 is 1. The Morgan fingerprint density at radius 2 is 1.75 bits per heavy atom. The van der Waals surface area contributed by atoms with Gasteiger partial charge in [-0.2, -0.15) is 0 Å². The van der Waals surface area contributed by atoms with Gasteiger partial charge >= 0.3 is 6.16 Å². The van der Waals surface area contributed by atoms with E-state index < -0.39 is 22.1 Å². The molecule has 40 heavy (non-hydrogen) atoms. The zero-order valence-electron chi connectivity index (χ0n) is 22.0. The molecule has 13 heteroatoms. The van der Waals surface area contributed by atoms with Crippen LogP contribution in [-0.2, 0) is 21.2 Å². The van der Waals surface area contributed by atoms with Crippen LogP contribution in [0.5, 0.6) is 11.6 Å². The SMILES string of the molecule is CC[C@@H](C)OC(=O)Oc1ccc(C(=O)NS(=O)(=O)c2ccc(CCNC(=O)c3cc(Cl)ccc3OC)cc2)cn1. The molecule has 2 amide bonds. The van der Waals surface area contributed by atoms with Gasteiger partial charge < -0.3 is 19.5 Å². The molecule has 0 bridgehead atoms. The monoisotopic (exact) mass is 589 g/mol. The summed E-state index contributed by atoms with van der Waals surface area (Å²) in [4.78, 5) is 40.4. The summed E-state index contributed by atoms with van der Waals surface area (Å²) >= 11 is 5.97. The maximum absolute atomic E-state index is 12.7. The van der Waals surface area contributed by atoms with Gasteiger partial charge in [0.2, 0.25) is 5.88 Å². The fraction of sp³-hybridized carbons (Fsp3) is 0.259. The van der Waals surface area contributed by atoms with Crippen molar-refractivity contribution in [3.05, 3.63) is 82.5 Å². The van der Waals surface area contributed by atoms with Crippen molar-refractivity contribution in [2.45, 2.75) is 37.7 Å². The van der Waals surface area contributed by atoms with E-state index in [9.17, 15) is 22.8 Å². The normalized spacial score (nSPS) is 11.7. The lowest BCUT2D eigenvalue weighted by Crippen LogP contribution is -2.30. The zero-order chi connectivity index (χ0) is 29.3. The van der Waals surface area contributed by atoms with Gasteiger partial charge in [0.05, 0.1) is 23.1 Å². The van der Waals surface area contributed by atoms with Gasteiger partial charge in [-0.1, -0.05) is 30.7 Å². The first-order valence-corrected chi connectivity index (χ1v) is 14.0. The molecule has 0 radical (unpaired) electrons. The van der Waals surface area contributed by atoms with Crippen molar-refractivity contribution in [2.75, 3.05) is 13.7 Å². The van der Waals surface area contributed by atoms with Gasteiger partial charge in [-0.05, 0) is 61.7 Å². The van der Waals surface area contributed by atoms with Crippen molar-refractivity contribution in [1.29, 1.82) is 0 Å². The van der Waals surface area contributed by atoms with Gasteiger partial charge in [-0.15, -0.1) is 0 Å². The van der Waals surface area contributed by atoms with Crippen LogP contribution in [0.1, 0.15) is 46.5 Å². The first-order valence-electron chi connectivity index (χ1n) is 12.1. The number of carbonyl (C=O) groups excluding carboxylic acids is 3. The van der Waals surface area contributed by atoms with E-state index in [1.165, 1.54) is 37.4 Å². The van der Waals surface area contributed by atoms with Crippen molar-refractivity contribution in [2.24, 2.45) is 0 Å². The van der Waals surface area contributed by atoms with Crippen LogP contribution in [0.15, 0.2) is 65.7 Å². The Balaban J connectivity index is 1.54. The van der Waals surface area contributed by atoms with Crippen LogP contribution in [-0.4, -0.2) is 51.1 Å². The lowest BCUT2D eigenvalue weighted by molar-refractivity contribution is 0.0631. The molecule has 0 aliphatic heterocycles. The van der Waals surface area contributed by atoms with E-state index in [0.29, 0.717) is 29.2 Å². The fourth-order valence-corrected chi connectivity index (χ4v) is 4.43. The maximum atomic E-state index is 12.7. The second-order valence-corrected chi connectivity index (χ2v) is 10.6. The third-order valence-electron chi connectivity index (χ3n) is 5.62. The van der Waals surface area contributed by atoms with E-state index in [2.05, 4.69) is 10.3 Å². The number of hydrogen-bond acceptors (Lipinski definition) is 9. The summed E-state index contributed by atoms with van der Waals surface area (Å²) < 4.78 is 42.5. The van der Waals surface area contributed by atoms with Gasteiger partial charge in [0.25, 0.3) is 21.8 Å². The van der Waals surface area contributed by atoms with Crippen molar-refractivity contribution in [3.63, 3.8) is 0 Å². The Morgan fingerprint density at radius 3 is 2.38 bits per heavy atom. The molecule has 0 aliphatic rings. The highest BCUT2D eigenvalue weighted by molar-refractivity contribution is 7.90. The van der Waals surface area contributed by atoms with Gasteiger partial charge in [-0.25, -0.2) is 22.9 Å². The lowest BCUT2D eigenvalue weighted by atomic mass is 10.1. The molecule has 1 aromatic heterocycles. The minimum Gasteiger partial charge on any atom is -0.496 e. The lowest BCUT2D eigenvalue weighted by Gasteiger charge is -2.11. The van der Waals surface area contributed by atoms with E-state index >= 15 is 0 Å². The minimum atomic E-state index is -4.18. The van der Waals surface area contributed by atoms with Gasteiger partial charge in [0.1, 0.15) is 11.9 Å². The second kappa shape index (κ2) is 13.8. The molecule has 3 aromatic rings. The molecule has 0 fully saturated rings. The zero-order valence-corrected chi connectivity index (χ0v) is 23.5. The highest BCUT2D eigenvalue weighted by atomic mass is 35.5. The molecule has 1 atom stereocenters. The number of hydrogen-bond donors (Lipinski definition) is 2. The Labute approximate surface area is 236 Å². The molecule has 3 rings (SSSR count). The molecule has 2 N–H and O–H groups in total. The molecular formula is C27H28ClN3O8S. The van der Waals surface area contributed by atoms with E-state index in [4.69, 9.17) is 25.8 Å². The van der Waals surface area contributed by atoms with E-state index in [1.807, 2.05) is 11.6 Å². The quantitative estimate of drug-likeness (QED) is 0.314. The maximum Gasteiger partial charge on any atom is 0.515 e. The average Bonchev–Trinajstić information content (AvgIpc) is 2.93. The summed E-state index contributed by atoms with van der Waals surface area (Å²) in [5, 5.41) is 3.17. The average molecular weight is 590 g/mol. The van der Waals surface area contributed by atoms with Crippen LogP contribution >= 0.6 is 11.6 Å². The fourth-order valence-electron chi connectivity index (χ4n) is 3.28. The van der Waals surface area contributed by atoms with Crippen LogP contribution in [0.3, 0.4) is 0 Å². The number of halogens is 1. The van der Waals surface area contributed by atoms with Gasteiger partial charge in [-0.3, -0.25) is 9.59 Å². The molecule has 2 aromatic carbocycles. The first kappa shape index (κ1) is 30.4. The van der Waals surface area contributed by atoms with E-state index in [-0.39, 0.29) is 34.9 Å². The summed E-state index contributed by atoms with van der Waals surface area (Å²) in [5.41, 5.74) is 0.999. The number of amides is 2. The van der Waals surface area contributed by atoms with Crippen LogP contribution in [0.25, 0.3) is 0 Å². The molecule has 0 spiro atoms. The summed E-state index contributed by atoms with van der Waals surface area (Å²) in [7, 11) is -2.73. The largest absolute Gasteiger partial charge is 0.515 e. The predicted octanol–water partition coefficient (Wildman–Crippen LogP) is 4.15. The number of carbonyl (C=O) groups is 3. The number of sulfonamides is 1. The number of ether oxygens (including phenoxy) is 3. The third kappa shape index (κ3) is 8.42. The number of nitrogens with one attached hydrogen (secondary N) is 2. The highest BCUT2D eigenvalue weighted by Crippen LogP contribution is 2.22. The Kier molecular flexibility index (Phi) is 10.5. The Hall–Kier alpha value is -4.16. The van der Waals surface area contributed by atoms with Crippen molar-refractivity contribution >= 4 is 39.6 Å². The summed E-state index contributed by atoms with van der Waals surface area (Å²) in [6, 6.07) is 13.1. The molecule has 212 valence electrons. The van der Waals surface area contributed by atoms with Crippen LogP contribution in [0.2, 0.25) is 5.02 Å². The number of pyridine rings is 1. The Bertz CT molecular complexity index is 1460. The molecule has 0 aliphatic carbocycles. The summed E-state index contributed by atoms with van der Waals surface area (Å²) in [6.07, 6.45) is 0.841. The van der Waals surface area contributed by atoms with Crippen molar-refractivity contribution < 1.29 is 37.0 Å². The number of aromatic nitrogens is 1. The number of rotatable bonds is 11. The van der Waals surface area contributed by atoms with E-state index in [0.717, 1.165) is 11.8 Å². The highest BCUT2D eigenvalue weighted by Gasteiger charge is 2.20. The number of nitrogens with zero attached hydrogens (tertiary/aromatic N) is 1. The summed E-state index contributed by atoms with van der Waals surface area (Å²) in [6.45, 7) is 3.83. The topological polar surface area (TPSA) is 150 Å². The van der Waals surface area contributed by atoms with Crippen LogP contribution in [0, 0.1) is 0 Å². The third-order valence-corrected chi connectivity index (χ3v) is 7.21. The van der Waals surface area contributed by atoms with Gasteiger partial charge in [0.15, 0.2) is 0 Å². The van der Waals surface area contributed by atoms with Crippen LogP contribution < -0.4 is 19.5 Å². The van der Waals surface area contributed by atoms with Gasteiger partial charge in [0, 0.05) is 23.8 Å². The minimum absolute atomic E-state index is 0.0603. The number of benzene rings is 2. The predicted molar refractivity (Wildman–Crippen MR) is 146 cm³/mol. The molecular weight excluding hydrogens is 562 g/mol. The smallest absolute Gasteiger partial charge is 0.496 e. The molecule has 0 saturated heterocycles. The van der Waals surface area contributed by atoms with Crippen molar-refractivity contribution in [1.82, 2.24) is 15.0 Å². The molecule has 0 unspecified atom stereocenters. The molecule has 0 saturated carbocycles. The standard InChI is InChI=1S/C27H28ClN3O8S/c1-4-17(2)38-27(34)39-24-12-7-19(16-30-24)25(32)31-40(35,36)21-9-5-18(6-10-21)13-14-29-26(33)22-15-20(28)8-11-23(22)37-3/h5-12,15-17H,4,13-14H2,1-3H3,(H,29,33)(H,31,32)/t17-/m1/s1. The Morgan fingerprint density at radius 1 is 1.02 bits per heavy atom. The van der Waals surface area contributed by atoms with E-state index in [1.54, 1.807) is 31.2 Å². The summed E-state index contributed by atoms with van der Waals surface area (Å²) in [5.74, 6) is -0.989. The first-order chi connectivity index (χ1) is 19.0. The molecule has 11 nitrogen and oxygen atoms in total. The molecule has 1 heterocycles. The second-order valence-electron chi connectivity index (χ2n) is 8.50. The van der Waals surface area contributed by atoms with Crippen LogP contribution in [0.4, 0.5) is 4.79 Å².